The van der Waals surface area contributed by atoms with Crippen LogP contribution in [0.2, 0.25) is 0 Å². The number of sulfone groups is 1. The van der Waals surface area contributed by atoms with Gasteiger partial charge < -0.3 is 10.4 Å². The van der Waals surface area contributed by atoms with Gasteiger partial charge in [-0.15, -0.1) is 0 Å². The summed E-state index contributed by atoms with van der Waals surface area (Å²) in [6, 6.07) is 13.5. The predicted molar refractivity (Wildman–Crippen MR) is 170 cm³/mol. The highest BCUT2D eigenvalue weighted by atomic mass is 32.2. The number of thioether (sulfide) groups is 1. The van der Waals surface area contributed by atoms with Crippen LogP contribution in [0.4, 0.5) is 0 Å². The zero-order chi connectivity index (χ0) is 30.0. The molecule has 7 nitrogen and oxygen atoms in total. The van der Waals surface area contributed by atoms with Gasteiger partial charge in [0.2, 0.25) is 0 Å². The Morgan fingerprint density at radius 2 is 1.78 bits per heavy atom. The summed E-state index contributed by atoms with van der Waals surface area (Å²) >= 11 is 1.99. The number of carbonyl (C=O) groups is 2. The fraction of sp³-hybridized carbons (Fsp3) is 0.562. The highest BCUT2D eigenvalue weighted by Crippen LogP contribution is 2.30. The summed E-state index contributed by atoms with van der Waals surface area (Å²) in [5, 5.41) is 12.2. The van der Waals surface area contributed by atoms with E-state index in [2.05, 4.69) is 30.3 Å². The molecule has 1 amide bonds. The molecular formula is C32H46N2O5S2. The van der Waals surface area contributed by atoms with E-state index in [9.17, 15) is 23.1 Å². The van der Waals surface area contributed by atoms with Crippen LogP contribution in [0.1, 0.15) is 73.4 Å². The van der Waals surface area contributed by atoms with E-state index < -0.39 is 27.8 Å². The number of benzene rings is 2. The summed E-state index contributed by atoms with van der Waals surface area (Å²) in [4.78, 5) is 27.8. The Hall–Kier alpha value is -2.36. The zero-order valence-electron chi connectivity index (χ0n) is 24.9. The maximum atomic E-state index is 13.4. The molecule has 226 valence electrons. The average Bonchev–Trinajstić information content (AvgIpc) is 2.95. The van der Waals surface area contributed by atoms with Gasteiger partial charge >= 0.3 is 5.97 Å². The zero-order valence-corrected chi connectivity index (χ0v) is 26.5. The van der Waals surface area contributed by atoms with E-state index in [1.807, 2.05) is 49.0 Å². The van der Waals surface area contributed by atoms with E-state index in [-0.39, 0.29) is 12.2 Å². The predicted octanol–water partition coefficient (Wildman–Crippen LogP) is 5.60. The first kappa shape index (κ1) is 33.1. The Morgan fingerprint density at radius 3 is 2.41 bits per heavy atom. The number of carboxylic acid groups (broad SMARTS) is 1. The number of aliphatic carboxylic acids is 1. The number of nitrogens with zero attached hydrogens (tertiary/aromatic N) is 1. The minimum absolute atomic E-state index is 0.191. The van der Waals surface area contributed by atoms with Gasteiger partial charge in [-0.05, 0) is 80.1 Å². The molecule has 0 saturated heterocycles. The third-order valence-electron chi connectivity index (χ3n) is 8.15. The Kier molecular flexibility index (Phi) is 12.7. The molecule has 2 aromatic carbocycles. The van der Waals surface area contributed by atoms with Crippen molar-refractivity contribution in [3.05, 3.63) is 59.2 Å². The smallest absolute Gasteiger partial charge is 0.326 e. The first-order valence-corrected chi connectivity index (χ1v) is 17.9. The van der Waals surface area contributed by atoms with Crippen LogP contribution in [-0.4, -0.2) is 79.0 Å². The lowest BCUT2D eigenvalue weighted by molar-refractivity contribution is -0.139. The van der Waals surface area contributed by atoms with Crippen LogP contribution < -0.4 is 5.32 Å². The molecule has 41 heavy (non-hydrogen) atoms. The van der Waals surface area contributed by atoms with Crippen LogP contribution in [0.25, 0.3) is 11.1 Å². The van der Waals surface area contributed by atoms with Crippen molar-refractivity contribution in [3.8, 4) is 11.1 Å². The summed E-state index contributed by atoms with van der Waals surface area (Å²) in [5.74, 6) is 0.0935. The topological polar surface area (TPSA) is 104 Å². The van der Waals surface area contributed by atoms with Crippen LogP contribution >= 0.6 is 11.8 Å². The minimum atomic E-state index is -3.37. The van der Waals surface area contributed by atoms with Crippen molar-refractivity contribution in [1.29, 1.82) is 0 Å². The quantitative estimate of drug-likeness (QED) is 0.274. The second-order valence-electron chi connectivity index (χ2n) is 11.3. The third-order valence-corrected chi connectivity index (χ3v) is 10.2. The largest absolute Gasteiger partial charge is 0.480 e. The van der Waals surface area contributed by atoms with Crippen LogP contribution in [0, 0.1) is 6.92 Å². The van der Waals surface area contributed by atoms with E-state index in [1.165, 1.54) is 32.1 Å². The van der Waals surface area contributed by atoms with Crippen LogP contribution in [0.5, 0.6) is 0 Å². The van der Waals surface area contributed by atoms with Gasteiger partial charge in [0.1, 0.15) is 15.9 Å². The molecular weight excluding hydrogens is 556 g/mol. The van der Waals surface area contributed by atoms with Gasteiger partial charge in [0.25, 0.3) is 5.91 Å². The van der Waals surface area contributed by atoms with Crippen LogP contribution in [0.15, 0.2) is 42.5 Å². The van der Waals surface area contributed by atoms with Crippen molar-refractivity contribution >= 4 is 33.5 Å². The maximum absolute atomic E-state index is 13.4. The molecule has 2 N–H and O–H groups in total. The number of nitrogens with one attached hydrogen (secondary N) is 1. The third kappa shape index (κ3) is 10.1. The number of rotatable bonds is 15. The molecule has 1 aliphatic rings. The van der Waals surface area contributed by atoms with E-state index >= 15 is 0 Å². The molecule has 1 fully saturated rings. The summed E-state index contributed by atoms with van der Waals surface area (Å²) in [6.45, 7) is 4.20. The summed E-state index contributed by atoms with van der Waals surface area (Å²) in [6.07, 6.45) is 9.25. The molecule has 1 aliphatic carbocycles. The Bertz CT molecular complexity index is 1270. The van der Waals surface area contributed by atoms with E-state index in [4.69, 9.17) is 0 Å². The maximum Gasteiger partial charge on any atom is 0.326 e. The van der Waals surface area contributed by atoms with Gasteiger partial charge in [0, 0.05) is 29.7 Å². The lowest BCUT2D eigenvalue weighted by atomic mass is 9.91. The normalized spacial score (nSPS) is 15.9. The highest BCUT2D eigenvalue weighted by Gasteiger charge is 2.26. The van der Waals surface area contributed by atoms with E-state index in [0.29, 0.717) is 17.6 Å². The number of hydrogen-bond acceptors (Lipinski definition) is 6. The molecule has 0 aliphatic heterocycles. The first-order valence-electron chi connectivity index (χ1n) is 14.7. The minimum Gasteiger partial charge on any atom is -0.480 e. The van der Waals surface area contributed by atoms with Crippen LogP contribution in [0.3, 0.4) is 0 Å². The van der Waals surface area contributed by atoms with Crippen molar-refractivity contribution in [2.24, 2.45) is 0 Å². The van der Waals surface area contributed by atoms with Crippen LogP contribution in [-0.2, 0) is 21.1 Å². The van der Waals surface area contributed by atoms with Crippen molar-refractivity contribution in [2.75, 3.05) is 30.6 Å². The van der Waals surface area contributed by atoms with Crippen molar-refractivity contribution in [2.45, 2.75) is 83.3 Å². The lowest BCUT2D eigenvalue weighted by Gasteiger charge is -2.37. The monoisotopic (exact) mass is 602 g/mol. The second kappa shape index (κ2) is 15.8. The highest BCUT2D eigenvalue weighted by molar-refractivity contribution is 7.99. The molecule has 1 saturated carbocycles. The Morgan fingerprint density at radius 1 is 1.07 bits per heavy atom. The van der Waals surface area contributed by atoms with Gasteiger partial charge in [-0.25, -0.2) is 13.2 Å². The standard InChI is InChI=1S/C32H46N2O5S2/c1-5-40-22-26(34(3)25-12-7-6-8-13-25)17-15-24-16-18-28(29(21-24)27-14-10-9-11-23(27)2)31(35)33-30(32(36)37)19-20-41(4,38)39/h9-11,14,16,18,21,25-26,30H,5-8,12-13,15,17,19-20,22H2,1-4H3,(H,33,35)(H,36,37). The fourth-order valence-electron chi connectivity index (χ4n) is 5.65. The Labute approximate surface area is 250 Å². The second-order valence-corrected chi connectivity index (χ2v) is 14.9. The number of hydrogen-bond donors (Lipinski definition) is 2. The van der Waals surface area contributed by atoms with Gasteiger partial charge in [0.15, 0.2) is 0 Å². The van der Waals surface area contributed by atoms with Crippen molar-refractivity contribution in [3.63, 3.8) is 0 Å². The molecule has 2 aromatic rings. The van der Waals surface area contributed by atoms with Crippen molar-refractivity contribution < 1.29 is 23.1 Å². The molecule has 0 spiro atoms. The molecule has 0 aromatic heterocycles. The average molecular weight is 603 g/mol. The van der Waals surface area contributed by atoms with Gasteiger partial charge in [0.05, 0.1) is 5.75 Å². The summed E-state index contributed by atoms with van der Waals surface area (Å²) < 4.78 is 23.2. The molecule has 0 bridgehead atoms. The summed E-state index contributed by atoms with van der Waals surface area (Å²) in [7, 11) is -1.08. The van der Waals surface area contributed by atoms with Gasteiger partial charge in [-0.3, -0.25) is 9.69 Å². The van der Waals surface area contributed by atoms with Gasteiger partial charge in [-0.1, -0.05) is 62.6 Å². The fourth-order valence-corrected chi connectivity index (χ4v) is 7.22. The molecule has 0 heterocycles. The molecule has 2 unspecified atom stereocenters. The SMILES string of the molecule is CCSCC(CCc1ccc(C(=O)NC(CCS(C)(=O)=O)C(=O)O)c(-c2ccccc2C)c1)N(C)C1CCCCC1. The van der Waals surface area contributed by atoms with E-state index in [1.54, 1.807) is 6.07 Å². The number of carbonyl (C=O) groups excluding carboxylic acids is 1. The molecule has 0 radical (unpaired) electrons. The van der Waals surface area contributed by atoms with Gasteiger partial charge in [-0.2, -0.15) is 11.8 Å². The number of aryl methyl sites for hydroxylation is 2. The number of carboxylic acids is 1. The Balaban J connectivity index is 1.86. The molecule has 2 atom stereocenters. The molecule has 3 rings (SSSR count). The number of amides is 1. The summed E-state index contributed by atoms with van der Waals surface area (Å²) in [5.41, 5.74) is 4.20. The van der Waals surface area contributed by atoms with E-state index in [0.717, 1.165) is 52.9 Å². The molecule has 9 heteroatoms. The first-order chi connectivity index (χ1) is 19.5. The van der Waals surface area contributed by atoms with Crippen molar-refractivity contribution in [1.82, 2.24) is 10.2 Å². The lowest BCUT2D eigenvalue weighted by Crippen LogP contribution is -2.43.